The van der Waals surface area contributed by atoms with Crippen molar-refractivity contribution < 1.29 is 23.5 Å². The molecule has 41 heavy (non-hydrogen) atoms. The normalized spacial score (nSPS) is 18.7. The third kappa shape index (κ3) is 8.61. The van der Waals surface area contributed by atoms with Crippen molar-refractivity contribution in [1.29, 1.82) is 0 Å². The summed E-state index contributed by atoms with van der Waals surface area (Å²) in [7, 11) is -2.52. The summed E-state index contributed by atoms with van der Waals surface area (Å²) in [6, 6.07) is 21.3. The Balaban J connectivity index is 1.45. The maximum atomic E-state index is 12.7. The minimum atomic E-state index is -2.52. The average molecular weight is 581 g/mol. The van der Waals surface area contributed by atoms with E-state index in [0.29, 0.717) is 19.8 Å². The summed E-state index contributed by atoms with van der Waals surface area (Å²) in [6.07, 6.45) is 4.72. The molecule has 1 aliphatic heterocycles. The first-order valence-corrected chi connectivity index (χ1v) is 16.5. The van der Waals surface area contributed by atoms with Crippen molar-refractivity contribution in [1.82, 2.24) is 10.6 Å². The van der Waals surface area contributed by atoms with Crippen molar-refractivity contribution in [3.8, 4) is 0 Å². The summed E-state index contributed by atoms with van der Waals surface area (Å²) >= 11 is 0. The number of hydrogen-bond acceptors (Lipinski definition) is 5. The third-order valence-electron chi connectivity index (χ3n) is 7.46. The standard InChI is InChI=1S/C33H48N2O5Si/c1-31(2,3)41(26-17-11-8-12-18-26,27-19-13-9-14-20-27)39-24-16-10-15-22-34-28(36)21-23-35-30(37)29-32(4,5)25-38-33(6,7)40-29/h8-9,11-14,17-21,23,29H,10,15-16,22,24-25H2,1-7H3,(H,34,36)(H,35,37)/b23-21+. The van der Waals surface area contributed by atoms with Crippen LogP contribution in [0, 0.1) is 5.41 Å². The fourth-order valence-electron chi connectivity index (χ4n) is 5.26. The van der Waals surface area contributed by atoms with E-state index in [0.717, 1.165) is 19.3 Å². The highest BCUT2D eigenvalue weighted by molar-refractivity contribution is 6.99. The first-order chi connectivity index (χ1) is 19.3. The van der Waals surface area contributed by atoms with E-state index in [1.54, 1.807) is 13.8 Å². The molecular formula is C33H48N2O5Si. The van der Waals surface area contributed by atoms with Crippen LogP contribution in [0.15, 0.2) is 72.9 Å². The summed E-state index contributed by atoms with van der Waals surface area (Å²) in [4.78, 5) is 24.9. The molecule has 2 aromatic rings. The molecular weight excluding hydrogens is 532 g/mol. The smallest absolute Gasteiger partial charge is 0.261 e. The van der Waals surface area contributed by atoms with Crippen molar-refractivity contribution in [2.24, 2.45) is 5.41 Å². The van der Waals surface area contributed by atoms with Gasteiger partial charge in [0.05, 0.1) is 6.61 Å². The number of ether oxygens (including phenoxy) is 2. The molecule has 0 spiro atoms. The fourth-order valence-corrected chi connectivity index (χ4v) is 9.86. The van der Waals surface area contributed by atoms with Crippen molar-refractivity contribution in [2.75, 3.05) is 19.8 Å². The second-order valence-corrected chi connectivity index (χ2v) is 17.2. The number of amides is 2. The van der Waals surface area contributed by atoms with Gasteiger partial charge in [-0.3, -0.25) is 9.59 Å². The lowest BCUT2D eigenvalue weighted by Gasteiger charge is -2.44. The van der Waals surface area contributed by atoms with Crippen LogP contribution in [-0.2, 0) is 23.5 Å². The Hall–Kier alpha value is -2.78. The largest absolute Gasteiger partial charge is 0.407 e. The van der Waals surface area contributed by atoms with Crippen LogP contribution >= 0.6 is 0 Å². The van der Waals surface area contributed by atoms with Gasteiger partial charge in [0.1, 0.15) is 6.10 Å². The monoisotopic (exact) mass is 580 g/mol. The number of hydrogen-bond donors (Lipinski definition) is 2. The number of carbonyl (C=O) groups excluding carboxylic acids is 2. The highest BCUT2D eigenvalue weighted by atomic mass is 28.4. The molecule has 2 amide bonds. The molecule has 1 heterocycles. The van der Waals surface area contributed by atoms with Gasteiger partial charge in [-0.15, -0.1) is 0 Å². The minimum absolute atomic E-state index is 0.0473. The zero-order valence-electron chi connectivity index (χ0n) is 25.8. The molecule has 0 aromatic heterocycles. The van der Waals surface area contributed by atoms with Gasteiger partial charge in [0.2, 0.25) is 5.91 Å². The molecule has 7 nitrogen and oxygen atoms in total. The fraction of sp³-hybridized carbons (Fsp3) is 0.515. The van der Waals surface area contributed by atoms with Crippen LogP contribution in [0.4, 0.5) is 0 Å². The molecule has 0 saturated carbocycles. The summed E-state index contributed by atoms with van der Waals surface area (Å²) in [5.41, 5.74) is -0.476. The van der Waals surface area contributed by atoms with Crippen molar-refractivity contribution in [3.63, 3.8) is 0 Å². The number of unbranched alkanes of at least 4 members (excludes halogenated alkanes) is 2. The molecule has 224 valence electrons. The molecule has 1 unspecified atom stereocenters. The minimum Gasteiger partial charge on any atom is -0.407 e. The van der Waals surface area contributed by atoms with Crippen LogP contribution in [-0.4, -0.2) is 51.8 Å². The van der Waals surface area contributed by atoms with Gasteiger partial charge in [-0.05, 0) is 48.5 Å². The van der Waals surface area contributed by atoms with Crippen LogP contribution in [0.3, 0.4) is 0 Å². The average Bonchev–Trinajstić information content (AvgIpc) is 2.92. The Morgan fingerprint density at radius 2 is 1.54 bits per heavy atom. The number of rotatable bonds is 12. The number of nitrogens with one attached hydrogen (secondary N) is 2. The van der Waals surface area contributed by atoms with E-state index in [4.69, 9.17) is 13.9 Å². The molecule has 0 radical (unpaired) electrons. The van der Waals surface area contributed by atoms with Crippen molar-refractivity contribution >= 4 is 30.5 Å². The summed E-state index contributed by atoms with van der Waals surface area (Å²) in [6.45, 7) is 15.9. The van der Waals surface area contributed by atoms with Gasteiger partial charge in [-0.2, -0.15) is 0 Å². The van der Waals surface area contributed by atoms with Crippen molar-refractivity contribution in [2.45, 2.75) is 84.7 Å². The Kier molecular flexibility index (Phi) is 11.1. The topological polar surface area (TPSA) is 85.9 Å². The van der Waals surface area contributed by atoms with E-state index in [-0.39, 0.29) is 16.9 Å². The summed E-state index contributed by atoms with van der Waals surface area (Å²) in [5, 5.41) is 8.07. The van der Waals surface area contributed by atoms with Gasteiger partial charge in [-0.1, -0.05) is 95.3 Å². The van der Waals surface area contributed by atoms with Gasteiger partial charge in [-0.25, -0.2) is 0 Å². The zero-order chi connectivity index (χ0) is 30.2. The summed E-state index contributed by atoms with van der Waals surface area (Å²) in [5.74, 6) is -1.37. The van der Waals surface area contributed by atoms with E-state index >= 15 is 0 Å². The molecule has 8 heteroatoms. The SMILES string of the molecule is CC1(C)OCC(C)(C)C(C(=O)N/C=C/C(=O)NCCCCCO[Si](c2ccccc2)(c2ccccc2)C(C)(C)C)O1. The predicted molar refractivity (Wildman–Crippen MR) is 166 cm³/mol. The Morgan fingerprint density at radius 1 is 0.951 bits per heavy atom. The Labute approximate surface area is 247 Å². The molecule has 1 aliphatic rings. The van der Waals surface area contributed by atoms with E-state index < -0.39 is 25.6 Å². The van der Waals surface area contributed by atoms with Crippen LogP contribution in [0.25, 0.3) is 0 Å². The summed E-state index contributed by atoms with van der Waals surface area (Å²) < 4.78 is 18.4. The van der Waals surface area contributed by atoms with Crippen molar-refractivity contribution in [3.05, 3.63) is 72.9 Å². The lowest BCUT2D eigenvalue weighted by Crippen LogP contribution is -2.66. The molecule has 3 rings (SSSR count). The lowest BCUT2D eigenvalue weighted by atomic mass is 9.85. The maximum Gasteiger partial charge on any atom is 0.261 e. The van der Waals surface area contributed by atoms with Gasteiger partial charge in [0, 0.05) is 30.8 Å². The molecule has 0 bridgehead atoms. The molecule has 1 atom stereocenters. The Bertz CT molecular complexity index is 1120. The molecule has 1 saturated heterocycles. The zero-order valence-corrected chi connectivity index (χ0v) is 26.8. The lowest BCUT2D eigenvalue weighted by molar-refractivity contribution is -0.303. The molecule has 1 fully saturated rings. The number of benzene rings is 2. The van der Waals surface area contributed by atoms with E-state index in [2.05, 4.69) is 92.1 Å². The van der Waals surface area contributed by atoms with Gasteiger partial charge in [0.25, 0.3) is 14.2 Å². The van der Waals surface area contributed by atoms with Gasteiger partial charge in [0.15, 0.2) is 5.79 Å². The van der Waals surface area contributed by atoms with E-state index in [1.807, 2.05) is 13.8 Å². The molecule has 0 aliphatic carbocycles. The van der Waals surface area contributed by atoms with E-state index in [9.17, 15) is 9.59 Å². The van der Waals surface area contributed by atoms with Gasteiger partial charge >= 0.3 is 0 Å². The first kappa shape index (κ1) is 32.7. The quantitative estimate of drug-likeness (QED) is 0.217. The van der Waals surface area contributed by atoms with E-state index in [1.165, 1.54) is 22.6 Å². The van der Waals surface area contributed by atoms with Crippen LogP contribution < -0.4 is 21.0 Å². The number of carbonyl (C=O) groups is 2. The molecule has 2 N–H and O–H groups in total. The second kappa shape index (κ2) is 13.9. The predicted octanol–water partition coefficient (Wildman–Crippen LogP) is 4.66. The first-order valence-electron chi connectivity index (χ1n) is 14.6. The maximum absolute atomic E-state index is 12.7. The second-order valence-electron chi connectivity index (χ2n) is 12.9. The van der Waals surface area contributed by atoms with Crippen LogP contribution in [0.2, 0.25) is 5.04 Å². The van der Waals surface area contributed by atoms with Gasteiger partial charge < -0.3 is 24.5 Å². The Morgan fingerprint density at radius 3 is 2.10 bits per heavy atom. The van der Waals surface area contributed by atoms with Crippen LogP contribution in [0.1, 0.15) is 67.7 Å². The highest BCUT2D eigenvalue weighted by Gasteiger charge is 2.50. The van der Waals surface area contributed by atoms with Crippen LogP contribution in [0.5, 0.6) is 0 Å². The highest BCUT2D eigenvalue weighted by Crippen LogP contribution is 2.37. The molecule has 2 aromatic carbocycles. The third-order valence-corrected chi connectivity index (χ3v) is 12.5.